The van der Waals surface area contributed by atoms with Crippen molar-refractivity contribution in [2.24, 2.45) is 0 Å². The number of piperidine rings is 1. The molecule has 0 bridgehead atoms. The Labute approximate surface area is 200 Å². The zero-order valence-electron chi connectivity index (χ0n) is 19.7. The first-order valence-corrected chi connectivity index (χ1v) is 14.1. The number of sulfone groups is 1. The number of carbonyl (C=O) groups is 1. The maximum Gasteiger partial charge on any atom is 0.245 e. The molecule has 2 aromatic rings. The van der Waals surface area contributed by atoms with Crippen LogP contribution in [-0.2, 0) is 14.6 Å². The first-order chi connectivity index (χ1) is 15.7. The Bertz CT molecular complexity index is 1110. The highest BCUT2D eigenvalue weighted by Crippen LogP contribution is 2.29. The molecule has 0 aliphatic carbocycles. The van der Waals surface area contributed by atoms with Crippen LogP contribution in [0.3, 0.4) is 0 Å². The van der Waals surface area contributed by atoms with E-state index >= 15 is 0 Å². The van der Waals surface area contributed by atoms with Crippen LogP contribution >= 0.6 is 11.5 Å². The molecule has 1 amide bonds. The maximum absolute atomic E-state index is 13.2. The van der Waals surface area contributed by atoms with Gasteiger partial charge in [-0.3, -0.25) is 4.79 Å². The van der Waals surface area contributed by atoms with E-state index in [0.717, 1.165) is 61.1 Å². The van der Waals surface area contributed by atoms with Gasteiger partial charge < -0.3 is 15.1 Å². The Balaban J connectivity index is 1.35. The summed E-state index contributed by atoms with van der Waals surface area (Å²) >= 11 is 1.46. The molecule has 0 unspecified atom stereocenters. The Morgan fingerprint density at radius 1 is 1.18 bits per heavy atom. The van der Waals surface area contributed by atoms with Gasteiger partial charge in [0.1, 0.15) is 11.9 Å². The number of amides is 1. The van der Waals surface area contributed by atoms with Gasteiger partial charge in [-0.05, 0) is 49.9 Å². The smallest absolute Gasteiger partial charge is 0.245 e. The van der Waals surface area contributed by atoms with Crippen LogP contribution in [0.2, 0.25) is 0 Å². The van der Waals surface area contributed by atoms with Crippen LogP contribution in [-0.4, -0.2) is 66.1 Å². The van der Waals surface area contributed by atoms with Crippen LogP contribution in [0.15, 0.2) is 23.1 Å². The molecular weight excluding hydrogens is 458 g/mol. The highest BCUT2D eigenvalue weighted by Gasteiger charge is 2.37. The van der Waals surface area contributed by atoms with E-state index in [1.165, 1.54) is 11.5 Å². The second kappa shape index (κ2) is 9.58. The lowest BCUT2D eigenvalue weighted by Gasteiger charge is -2.36. The number of anilines is 2. The standard InChI is InChI=1S/C23H33N5O3S2/c1-5-33(30,31)18-6-7-19(16(4)14-18)24-20-10-13-28(22(20)29)17-8-11-27(12-9-17)23-25-21(15(2)3)26-32-23/h6-7,14-15,17,20,24H,5,8-13H2,1-4H3/t20-/m0/s1. The van der Waals surface area contributed by atoms with E-state index in [0.29, 0.717) is 10.8 Å². The topological polar surface area (TPSA) is 95.5 Å². The van der Waals surface area contributed by atoms with Crippen LogP contribution in [0, 0.1) is 6.92 Å². The van der Waals surface area contributed by atoms with Crippen molar-refractivity contribution in [1.82, 2.24) is 14.3 Å². The zero-order chi connectivity index (χ0) is 23.8. The van der Waals surface area contributed by atoms with Crippen LogP contribution in [0.25, 0.3) is 0 Å². The Kier molecular flexibility index (Phi) is 6.95. The van der Waals surface area contributed by atoms with Crippen molar-refractivity contribution in [3.05, 3.63) is 29.6 Å². The van der Waals surface area contributed by atoms with Gasteiger partial charge in [0, 0.05) is 48.8 Å². The lowest BCUT2D eigenvalue weighted by molar-refractivity contribution is -0.130. The molecule has 1 N–H and O–H groups in total. The quantitative estimate of drug-likeness (QED) is 0.634. The lowest BCUT2D eigenvalue weighted by atomic mass is 10.0. The molecule has 2 saturated heterocycles. The SMILES string of the molecule is CCS(=O)(=O)c1ccc(N[C@H]2CCN(C3CCN(c4nc(C(C)C)ns4)CC3)C2=O)c(C)c1. The molecule has 1 aromatic heterocycles. The molecule has 10 heteroatoms. The second-order valence-electron chi connectivity index (χ2n) is 9.21. The third kappa shape index (κ3) is 5.01. The normalized spacial score (nSPS) is 20.2. The summed E-state index contributed by atoms with van der Waals surface area (Å²) < 4.78 is 28.7. The molecule has 0 saturated carbocycles. The fourth-order valence-electron chi connectivity index (χ4n) is 4.50. The van der Waals surface area contributed by atoms with Gasteiger partial charge in [0.2, 0.25) is 11.0 Å². The summed E-state index contributed by atoms with van der Waals surface area (Å²) in [4.78, 5) is 22.5. The Morgan fingerprint density at radius 2 is 1.91 bits per heavy atom. The van der Waals surface area contributed by atoms with Crippen molar-refractivity contribution in [1.29, 1.82) is 0 Å². The zero-order valence-corrected chi connectivity index (χ0v) is 21.4. The van der Waals surface area contributed by atoms with Crippen molar-refractivity contribution >= 4 is 38.1 Å². The van der Waals surface area contributed by atoms with Crippen molar-refractivity contribution < 1.29 is 13.2 Å². The molecule has 8 nitrogen and oxygen atoms in total. The molecule has 0 spiro atoms. The summed E-state index contributed by atoms with van der Waals surface area (Å²) in [5.74, 6) is 1.44. The van der Waals surface area contributed by atoms with Crippen molar-refractivity contribution in [2.75, 3.05) is 35.6 Å². The van der Waals surface area contributed by atoms with Gasteiger partial charge in [-0.15, -0.1) is 0 Å². The average molecular weight is 492 g/mol. The van der Waals surface area contributed by atoms with Crippen molar-refractivity contribution in [2.45, 2.75) is 69.9 Å². The second-order valence-corrected chi connectivity index (χ2v) is 12.2. The van der Waals surface area contributed by atoms with Gasteiger partial charge in [-0.25, -0.2) is 13.4 Å². The van der Waals surface area contributed by atoms with Crippen LogP contribution < -0.4 is 10.2 Å². The number of likely N-dealkylation sites (tertiary alicyclic amines) is 1. The number of benzene rings is 1. The first-order valence-electron chi connectivity index (χ1n) is 11.7. The minimum atomic E-state index is -3.24. The van der Waals surface area contributed by atoms with E-state index < -0.39 is 9.84 Å². The summed E-state index contributed by atoms with van der Waals surface area (Å²) in [6.45, 7) is 10.2. The Morgan fingerprint density at radius 3 is 2.52 bits per heavy atom. The highest BCUT2D eigenvalue weighted by atomic mass is 32.2. The average Bonchev–Trinajstić information content (AvgIpc) is 3.43. The fraction of sp³-hybridized carbons (Fsp3) is 0.609. The summed E-state index contributed by atoms with van der Waals surface area (Å²) in [6.07, 6.45) is 2.61. The lowest BCUT2D eigenvalue weighted by Crippen LogP contribution is -2.47. The molecular formula is C23H33N5O3S2. The molecule has 1 atom stereocenters. The molecule has 3 heterocycles. The molecule has 4 rings (SSSR count). The summed E-state index contributed by atoms with van der Waals surface area (Å²) in [5, 5.41) is 4.34. The van der Waals surface area contributed by atoms with Crippen LogP contribution in [0.1, 0.15) is 57.3 Å². The minimum Gasteiger partial charge on any atom is -0.373 e. The fourth-order valence-corrected chi connectivity index (χ4v) is 6.33. The highest BCUT2D eigenvalue weighted by molar-refractivity contribution is 7.91. The van der Waals surface area contributed by atoms with Gasteiger partial charge in [0.25, 0.3) is 0 Å². The van der Waals surface area contributed by atoms with Gasteiger partial charge in [-0.1, -0.05) is 20.8 Å². The molecule has 180 valence electrons. The van der Waals surface area contributed by atoms with Crippen LogP contribution in [0.4, 0.5) is 10.8 Å². The molecule has 2 fully saturated rings. The van der Waals surface area contributed by atoms with Gasteiger partial charge in [0.05, 0.1) is 10.6 Å². The number of aryl methyl sites for hydroxylation is 1. The van der Waals surface area contributed by atoms with Gasteiger partial charge in [0.15, 0.2) is 9.84 Å². The van der Waals surface area contributed by atoms with E-state index in [9.17, 15) is 13.2 Å². The van der Waals surface area contributed by atoms with Gasteiger partial charge in [-0.2, -0.15) is 4.37 Å². The number of rotatable bonds is 7. The van der Waals surface area contributed by atoms with Crippen LogP contribution in [0.5, 0.6) is 0 Å². The van der Waals surface area contributed by atoms with E-state index in [1.54, 1.807) is 25.1 Å². The predicted molar refractivity (Wildman–Crippen MR) is 132 cm³/mol. The molecule has 2 aliphatic heterocycles. The number of nitrogens with zero attached hydrogens (tertiary/aromatic N) is 4. The molecule has 33 heavy (non-hydrogen) atoms. The molecule has 2 aliphatic rings. The first kappa shape index (κ1) is 23.9. The number of carbonyl (C=O) groups excluding carboxylic acids is 1. The maximum atomic E-state index is 13.2. The molecule has 0 radical (unpaired) electrons. The van der Waals surface area contributed by atoms with Gasteiger partial charge >= 0.3 is 0 Å². The number of hydrogen-bond donors (Lipinski definition) is 1. The summed E-state index contributed by atoms with van der Waals surface area (Å²) in [6, 6.07) is 5.06. The number of hydrogen-bond acceptors (Lipinski definition) is 8. The largest absolute Gasteiger partial charge is 0.373 e. The Hall–Kier alpha value is -2.20. The predicted octanol–water partition coefficient (Wildman–Crippen LogP) is 3.45. The number of nitrogens with one attached hydrogen (secondary N) is 1. The van der Waals surface area contributed by atoms with E-state index in [1.807, 2.05) is 11.8 Å². The summed E-state index contributed by atoms with van der Waals surface area (Å²) in [5.41, 5.74) is 1.65. The third-order valence-electron chi connectivity index (χ3n) is 6.63. The number of aromatic nitrogens is 2. The van der Waals surface area contributed by atoms with E-state index in [4.69, 9.17) is 0 Å². The monoisotopic (exact) mass is 491 g/mol. The van der Waals surface area contributed by atoms with E-state index in [2.05, 4.69) is 33.4 Å². The summed E-state index contributed by atoms with van der Waals surface area (Å²) in [7, 11) is -3.24. The van der Waals surface area contributed by atoms with E-state index in [-0.39, 0.29) is 23.7 Å². The minimum absolute atomic E-state index is 0.0754. The van der Waals surface area contributed by atoms with Crippen molar-refractivity contribution in [3.63, 3.8) is 0 Å². The molecule has 1 aromatic carbocycles. The van der Waals surface area contributed by atoms with Crippen molar-refractivity contribution in [3.8, 4) is 0 Å². The third-order valence-corrected chi connectivity index (χ3v) is 9.15.